The standard InChI is InChI=1S/C25H22F6N6O/c1-13-7-20(19-5-6-21(23(34-19)38-4)37-11-14(2)32-12-37)35-36-22(13)33-15(3)16-8-17(24(26,27)28)10-18(9-16)25(29,30)31/h5-12,15H,1-4H3,(H,33,36). The molecule has 3 heterocycles. The van der Waals surface area contributed by atoms with Crippen molar-refractivity contribution in [3.05, 3.63) is 76.9 Å². The number of aryl methyl sites for hydroxylation is 2. The highest BCUT2D eigenvalue weighted by Crippen LogP contribution is 2.38. The maximum atomic E-state index is 13.2. The number of imidazole rings is 1. The average molecular weight is 536 g/mol. The lowest BCUT2D eigenvalue weighted by molar-refractivity contribution is -0.143. The van der Waals surface area contributed by atoms with Crippen molar-refractivity contribution in [2.45, 2.75) is 39.2 Å². The van der Waals surface area contributed by atoms with Gasteiger partial charge in [-0.2, -0.15) is 26.3 Å². The van der Waals surface area contributed by atoms with Crippen LogP contribution < -0.4 is 10.1 Å². The first kappa shape index (κ1) is 26.9. The average Bonchev–Trinajstić information content (AvgIpc) is 3.29. The van der Waals surface area contributed by atoms with E-state index in [4.69, 9.17) is 4.74 Å². The summed E-state index contributed by atoms with van der Waals surface area (Å²) >= 11 is 0. The summed E-state index contributed by atoms with van der Waals surface area (Å²) in [4.78, 5) is 8.67. The molecule has 0 saturated carbocycles. The highest BCUT2D eigenvalue weighted by molar-refractivity contribution is 5.61. The van der Waals surface area contributed by atoms with Gasteiger partial charge in [0.25, 0.3) is 0 Å². The zero-order valence-corrected chi connectivity index (χ0v) is 20.6. The molecule has 0 spiro atoms. The number of rotatable bonds is 6. The molecule has 0 aliphatic heterocycles. The molecule has 0 bridgehead atoms. The van der Waals surface area contributed by atoms with E-state index in [1.807, 2.05) is 13.1 Å². The smallest absolute Gasteiger partial charge is 0.416 e. The van der Waals surface area contributed by atoms with Crippen molar-refractivity contribution in [3.8, 4) is 23.0 Å². The molecule has 13 heteroatoms. The van der Waals surface area contributed by atoms with Gasteiger partial charge in [0, 0.05) is 6.20 Å². The minimum atomic E-state index is -4.94. The van der Waals surface area contributed by atoms with E-state index in [-0.39, 0.29) is 17.4 Å². The van der Waals surface area contributed by atoms with Gasteiger partial charge in [-0.1, -0.05) is 0 Å². The van der Waals surface area contributed by atoms with Gasteiger partial charge in [-0.15, -0.1) is 10.2 Å². The van der Waals surface area contributed by atoms with Gasteiger partial charge in [0.15, 0.2) is 5.82 Å². The number of nitrogens with zero attached hydrogens (tertiary/aromatic N) is 5. The number of ether oxygens (including phenoxy) is 1. The lowest BCUT2D eigenvalue weighted by atomic mass is 10.00. The Hall–Kier alpha value is -4.16. The van der Waals surface area contributed by atoms with Gasteiger partial charge < -0.3 is 14.6 Å². The highest BCUT2D eigenvalue weighted by Gasteiger charge is 2.37. The minimum Gasteiger partial charge on any atom is -0.479 e. The molecule has 0 aliphatic rings. The van der Waals surface area contributed by atoms with Crippen LogP contribution in [-0.2, 0) is 12.4 Å². The number of aromatic nitrogens is 5. The van der Waals surface area contributed by atoms with Crippen LogP contribution >= 0.6 is 0 Å². The number of methoxy groups -OCH3 is 1. The van der Waals surface area contributed by atoms with Crippen molar-refractivity contribution < 1.29 is 31.1 Å². The molecule has 200 valence electrons. The van der Waals surface area contributed by atoms with Crippen molar-refractivity contribution in [1.82, 2.24) is 24.7 Å². The summed E-state index contributed by atoms with van der Waals surface area (Å²) in [7, 11) is 1.47. The third-order valence-corrected chi connectivity index (χ3v) is 5.73. The first-order valence-corrected chi connectivity index (χ1v) is 11.2. The van der Waals surface area contributed by atoms with Gasteiger partial charge >= 0.3 is 12.4 Å². The molecule has 0 amide bonds. The Morgan fingerprint density at radius 1 is 0.895 bits per heavy atom. The third kappa shape index (κ3) is 5.71. The lowest BCUT2D eigenvalue weighted by Crippen LogP contribution is -2.15. The number of hydrogen-bond donors (Lipinski definition) is 1. The van der Waals surface area contributed by atoms with E-state index in [0.29, 0.717) is 40.7 Å². The van der Waals surface area contributed by atoms with E-state index in [2.05, 4.69) is 25.5 Å². The first-order valence-electron chi connectivity index (χ1n) is 11.2. The number of pyridine rings is 1. The summed E-state index contributed by atoms with van der Waals surface area (Å²) < 4.78 is 86.6. The van der Waals surface area contributed by atoms with Gasteiger partial charge in [-0.25, -0.2) is 9.97 Å². The van der Waals surface area contributed by atoms with Crippen LogP contribution in [0.5, 0.6) is 5.88 Å². The van der Waals surface area contributed by atoms with Crippen molar-refractivity contribution in [2.24, 2.45) is 0 Å². The van der Waals surface area contributed by atoms with Crippen molar-refractivity contribution in [1.29, 1.82) is 0 Å². The molecule has 4 rings (SSSR count). The van der Waals surface area contributed by atoms with Crippen LogP contribution in [0.2, 0.25) is 0 Å². The largest absolute Gasteiger partial charge is 0.479 e. The van der Waals surface area contributed by atoms with Crippen LogP contribution in [0.3, 0.4) is 0 Å². The second-order valence-corrected chi connectivity index (χ2v) is 8.61. The summed E-state index contributed by atoms with van der Waals surface area (Å²) in [6, 6.07) is 5.67. The van der Waals surface area contributed by atoms with Gasteiger partial charge in [0.05, 0.1) is 42.0 Å². The first-order chi connectivity index (χ1) is 17.8. The summed E-state index contributed by atoms with van der Waals surface area (Å²) in [5.41, 5.74) is -0.0974. The van der Waals surface area contributed by atoms with E-state index in [9.17, 15) is 26.3 Å². The molecule has 1 atom stereocenters. The number of anilines is 1. The summed E-state index contributed by atoms with van der Waals surface area (Å²) in [5.74, 6) is 0.518. The van der Waals surface area contributed by atoms with Gasteiger partial charge in [-0.05, 0) is 68.3 Å². The molecular formula is C25H22F6N6O. The molecule has 0 aliphatic carbocycles. The molecular weight excluding hydrogens is 514 g/mol. The molecule has 0 saturated heterocycles. The Morgan fingerprint density at radius 3 is 2.08 bits per heavy atom. The maximum Gasteiger partial charge on any atom is 0.416 e. The van der Waals surface area contributed by atoms with E-state index in [0.717, 1.165) is 5.69 Å². The third-order valence-electron chi connectivity index (χ3n) is 5.73. The maximum absolute atomic E-state index is 13.2. The zero-order valence-electron chi connectivity index (χ0n) is 20.6. The molecule has 1 N–H and O–H groups in total. The minimum absolute atomic E-state index is 0.0938. The van der Waals surface area contributed by atoms with Crippen molar-refractivity contribution in [3.63, 3.8) is 0 Å². The van der Waals surface area contributed by atoms with E-state index >= 15 is 0 Å². The summed E-state index contributed by atoms with van der Waals surface area (Å²) in [5, 5.41) is 11.1. The zero-order chi connectivity index (χ0) is 27.8. The Morgan fingerprint density at radius 2 is 1.55 bits per heavy atom. The number of nitrogens with one attached hydrogen (secondary N) is 1. The van der Waals surface area contributed by atoms with Crippen molar-refractivity contribution >= 4 is 5.82 Å². The van der Waals surface area contributed by atoms with Gasteiger partial charge in [-0.3, -0.25) is 0 Å². The van der Waals surface area contributed by atoms with Crippen LogP contribution in [0.4, 0.5) is 32.2 Å². The lowest BCUT2D eigenvalue weighted by Gasteiger charge is -2.20. The van der Waals surface area contributed by atoms with Gasteiger partial charge in [0.2, 0.25) is 5.88 Å². The fourth-order valence-electron chi connectivity index (χ4n) is 3.75. The number of benzene rings is 1. The topological polar surface area (TPSA) is 77.8 Å². The predicted octanol–water partition coefficient (Wildman–Crippen LogP) is 6.56. The molecule has 3 aromatic heterocycles. The quantitative estimate of drug-likeness (QED) is 0.281. The van der Waals surface area contributed by atoms with Crippen LogP contribution in [0, 0.1) is 13.8 Å². The normalized spacial score (nSPS) is 12.9. The SMILES string of the molecule is COc1nc(-c2cc(C)c(NC(C)c3cc(C(F)(F)F)cc(C(F)(F)F)c3)nn2)ccc1-n1cnc(C)c1. The Kier molecular flexibility index (Phi) is 7.04. The predicted molar refractivity (Wildman–Crippen MR) is 127 cm³/mol. The van der Waals surface area contributed by atoms with E-state index in [1.165, 1.54) is 14.0 Å². The van der Waals surface area contributed by atoms with Crippen LogP contribution in [0.15, 0.2) is 48.9 Å². The molecule has 0 fully saturated rings. The summed E-state index contributed by atoms with van der Waals surface area (Å²) in [6.07, 6.45) is -6.43. The van der Waals surface area contributed by atoms with E-state index in [1.54, 1.807) is 36.0 Å². The fraction of sp³-hybridized carbons (Fsp3) is 0.280. The van der Waals surface area contributed by atoms with Crippen LogP contribution in [0.1, 0.15) is 40.9 Å². The number of halogens is 6. The second-order valence-electron chi connectivity index (χ2n) is 8.61. The molecule has 1 aromatic carbocycles. The molecule has 38 heavy (non-hydrogen) atoms. The number of alkyl halides is 6. The summed E-state index contributed by atoms with van der Waals surface area (Å²) in [6.45, 7) is 4.97. The van der Waals surface area contributed by atoms with Gasteiger partial charge in [0.1, 0.15) is 11.4 Å². The van der Waals surface area contributed by atoms with Crippen LogP contribution in [-0.4, -0.2) is 31.8 Å². The van der Waals surface area contributed by atoms with Crippen molar-refractivity contribution in [2.75, 3.05) is 12.4 Å². The monoisotopic (exact) mass is 536 g/mol. The highest BCUT2D eigenvalue weighted by atomic mass is 19.4. The molecule has 7 nitrogen and oxygen atoms in total. The molecule has 1 unspecified atom stereocenters. The number of hydrogen-bond acceptors (Lipinski definition) is 6. The fourth-order valence-corrected chi connectivity index (χ4v) is 3.75. The Balaban J connectivity index is 1.61. The molecule has 4 aromatic rings. The van der Waals surface area contributed by atoms with E-state index < -0.39 is 29.5 Å². The molecule has 0 radical (unpaired) electrons. The Bertz CT molecular complexity index is 1430. The Labute approximate surface area is 213 Å². The van der Waals surface area contributed by atoms with Crippen LogP contribution in [0.25, 0.3) is 17.1 Å². The second kappa shape index (κ2) is 9.95.